The van der Waals surface area contributed by atoms with Gasteiger partial charge < -0.3 is 24.0 Å². The highest BCUT2D eigenvalue weighted by Gasteiger charge is 2.46. The minimum Gasteiger partial charge on any atom is -0.491 e. The molecule has 0 bridgehead atoms. The molecule has 2 unspecified atom stereocenters. The Morgan fingerprint density at radius 2 is 1.57 bits per heavy atom. The molecular formula is C35H37Cl2N7O5. The number of benzene rings is 3. The van der Waals surface area contributed by atoms with Crippen LogP contribution in [0, 0.1) is 0 Å². The number of imide groups is 1. The van der Waals surface area contributed by atoms with Crippen molar-refractivity contribution < 1.29 is 23.8 Å². The van der Waals surface area contributed by atoms with Gasteiger partial charge in [0.1, 0.15) is 44.2 Å². The average molecular weight is 707 g/mol. The van der Waals surface area contributed by atoms with Crippen molar-refractivity contribution in [2.75, 3.05) is 60.6 Å². The molecule has 1 aromatic heterocycles. The van der Waals surface area contributed by atoms with E-state index in [1.54, 1.807) is 23.1 Å². The van der Waals surface area contributed by atoms with Gasteiger partial charge in [-0.3, -0.25) is 14.6 Å². The van der Waals surface area contributed by atoms with Gasteiger partial charge in [0.05, 0.1) is 11.6 Å². The number of ether oxygens (including phenoxy) is 3. The number of carbonyl (C=O) groups is 2. The van der Waals surface area contributed by atoms with E-state index in [9.17, 15) is 9.59 Å². The molecule has 2 atom stereocenters. The highest BCUT2D eigenvalue weighted by molar-refractivity contribution is 6.35. The molecule has 3 amide bonds. The molecule has 3 aliphatic heterocycles. The van der Waals surface area contributed by atoms with Crippen molar-refractivity contribution in [3.05, 3.63) is 95.0 Å². The van der Waals surface area contributed by atoms with Gasteiger partial charge in [-0.25, -0.2) is 14.5 Å². The Kier molecular flexibility index (Phi) is 9.38. The van der Waals surface area contributed by atoms with Crippen LogP contribution in [0.15, 0.2) is 79.4 Å². The maximum absolute atomic E-state index is 12.8. The highest BCUT2D eigenvalue weighted by atomic mass is 35.5. The highest BCUT2D eigenvalue weighted by Crippen LogP contribution is 2.40. The molecule has 7 rings (SSSR count). The van der Waals surface area contributed by atoms with E-state index < -0.39 is 5.79 Å². The molecule has 256 valence electrons. The number of halogens is 2. The maximum atomic E-state index is 12.8. The van der Waals surface area contributed by atoms with Crippen molar-refractivity contribution in [1.29, 1.82) is 0 Å². The fourth-order valence-corrected chi connectivity index (χ4v) is 7.07. The Morgan fingerprint density at radius 1 is 0.918 bits per heavy atom. The summed E-state index contributed by atoms with van der Waals surface area (Å²) in [6.45, 7) is 8.06. The summed E-state index contributed by atoms with van der Waals surface area (Å²) in [5, 5.41) is 5.19. The van der Waals surface area contributed by atoms with Crippen LogP contribution in [-0.2, 0) is 26.6 Å². The molecule has 14 heteroatoms. The lowest BCUT2D eigenvalue weighted by molar-refractivity contribution is -0.190. The fourth-order valence-electron chi connectivity index (χ4n) is 6.52. The third kappa shape index (κ3) is 6.91. The van der Waals surface area contributed by atoms with Crippen molar-refractivity contribution in [2.45, 2.75) is 38.3 Å². The zero-order chi connectivity index (χ0) is 34.1. The molecule has 0 radical (unpaired) electrons. The molecule has 3 aliphatic rings. The van der Waals surface area contributed by atoms with E-state index in [-0.39, 0.29) is 37.2 Å². The minimum absolute atomic E-state index is 0.0763. The van der Waals surface area contributed by atoms with Crippen molar-refractivity contribution in [2.24, 2.45) is 0 Å². The number of amides is 3. The average Bonchev–Trinajstić information content (AvgIpc) is 3.84. The molecule has 0 saturated carbocycles. The van der Waals surface area contributed by atoms with E-state index in [2.05, 4.69) is 32.0 Å². The van der Waals surface area contributed by atoms with E-state index >= 15 is 0 Å². The van der Waals surface area contributed by atoms with Crippen molar-refractivity contribution in [3.8, 4) is 5.75 Å². The molecule has 3 saturated heterocycles. The first-order valence-electron chi connectivity index (χ1n) is 16.3. The molecule has 49 heavy (non-hydrogen) atoms. The molecule has 4 aromatic rings. The smallest absolute Gasteiger partial charge is 0.331 e. The lowest BCUT2D eigenvalue weighted by Crippen LogP contribution is -2.46. The van der Waals surface area contributed by atoms with Gasteiger partial charge in [-0.2, -0.15) is 5.10 Å². The van der Waals surface area contributed by atoms with Gasteiger partial charge in [-0.1, -0.05) is 29.3 Å². The van der Waals surface area contributed by atoms with Crippen LogP contribution < -0.4 is 19.4 Å². The number of rotatable bonds is 10. The van der Waals surface area contributed by atoms with E-state index in [1.807, 2.05) is 56.3 Å². The normalized spacial score (nSPS) is 21.4. The van der Waals surface area contributed by atoms with Gasteiger partial charge in [-0.05, 0) is 74.5 Å². The summed E-state index contributed by atoms with van der Waals surface area (Å²) in [7, 11) is 0. The Bertz CT molecular complexity index is 1780. The van der Waals surface area contributed by atoms with Gasteiger partial charge >= 0.3 is 6.03 Å². The van der Waals surface area contributed by atoms with E-state index in [4.69, 9.17) is 37.4 Å². The third-order valence-electron chi connectivity index (χ3n) is 9.00. The summed E-state index contributed by atoms with van der Waals surface area (Å²) in [5.74, 6) is -0.598. The Hall–Kier alpha value is -4.36. The lowest BCUT2D eigenvalue weighted by Gasteiger charge is -2.37. The monoisotopic (exact) mass is 705 g/mol. The topological polar surface area (TPSA) is 106 Å². The number of aromatic nitrogens is 3. The number of carbonyl (C=O) groups excluding carboxylic acids is 2. The van der Waals surface area contributed by atoms with Crippen LogP contribution in [-0.4, -0.2) is 89.7 Å². The second-order valence-electron chi connectivity index (χ2n) is 12.5. The first-order chi connectivity index (χ1) is 23.7. The predicted octanol–water partition coefficient (Wildman–Crippen LogP) is 5.44. The summed E-state index contributed by atoms with van der Waals surface area (Å²) >= 11 is 12.7. The number of hydrogen-bond acceptors (Lipinski definition) is 9. The van der Waals surface area contributed by atoms with Crippen LogP contribution in [0.2, 0.25) is 10.0 Å². The van der Waals surface area contributed by atoms with Gasteiger partial charge in [-0.15, -0.1) is 0 Å². The molecular weight excluding hydrogens is 669 g/mol. The molecule has 0 aliphatic carbocycles. The quantitative estimate of drug-likeness (QED) is 0.200. The molecule has 0 spiro atoms. The van der Waals surface area contributed by atoms with Crippen molar-refractivity contribution in [3.63, 3.8) is 0 Å². The van der Waals surface area contributed by atoms with Crippen LogP contribution in [0.5, 0.6) is 5.75 Å². The number of urea groups is 1. The van der Waals surface area contributed by atoms with Gasteiger partial charge in [0, 0.05) is 59.9 Å². The Balaban J connectivity index is 0.917. The van der Waals surface area contributed by atoms with Crippen LogP contribution >= 0.6 is 23.2 Å². The predicted molar refractivity (Wildman–Crippen MR) is 187 cm³/mol. The zero-order valence-electron chi connectivity index (χ0n) is 27.2. The molecule has 3 aromatic carbocycles. The van der Waals surface area contributed by atoms with Crippen molar-refractivity contribution in [1.82, 2.24) is 19.7 Å². The zero-order valence-corrected chi connectivity index (χ0v) is 28.8. The first kappa shape index (κ1) is 33.2. The van der Waals surface area contributed by atoms with Crippen LogP contribution in [0.25, 0.3) is 0 Å². The maximum Gasteiger partial charge on any atom is 0.331 e. The Morgan fingerprint density at radius 3 is 2.16 bits per heavy atom. The summed E-state index contributed by atoms with van der Waals surface area (Å²) in [6.07, 6.45) is 2.72. The number of anilines is 3. The number of piperazine rings is 1. The van der Waals surface area contributed by atoms with Gasteiger partial charge in [0.25, 0.3) is 5.91 Å². The molecule has 3 fully saturated rings. The summed E-state index contributed by atoms with van der Waals surface area (Å²) < 4.78 is 20.5. The van der Waals surface area contributed by atoms with E-state index in [0.29, 0.717) is 28.8 Å². The SMILES string of the molecule is CC(C)N1C(=O)CN(c2ccc(N3CCN(c4ccc(OCC5COC(Cn6cncn6)(c6ccc(Cl)cc6Cl)O5)cc4)CC3)cc2)C1=O. The van der Waals surface area contributed by atoms with Gasteiger partial charge in [0.2, 0.25) is 5.79 Å². The Labute approximate surface area is 294 Å². The summed E-state index contributed by atoms with van der Waals surface area (Å²) in [5.41, 5.74) is 3.61. The van der Waals surface area contributed by atoms with E-state index in [1.165, 1.54) is 16.1 Å². The second kappa shape index (κ2) is 13.9. The van der Waals surface area contributed by atoms with Crippen molar-refractivity contribution >= 4 is 52.2 Å². The van der Waals surface area contributed by atoms with Crippen LogP contribution in [0.1, 0.15) is 19.4 Å². The molecule has 0 N–H and O–H groups in total. The van der Waals surface area contributed by atoms with E-state index in [0.717, 1.165) is 49.0 Å². The first-order valence-corrected chi connectivity index (χ1v) is 17.0. The second-order valence-corrected chi connectivity index (χ2v) is 13.4. The molecule has 12 nitrogen and oxygen atoms in total. The fraction of sp³-hybridized carbons (Fsp3) is 0.371. The minimum atomic E-state index is -1.17. The summed E-state index contributed by atoms with van der Waals surface area (Å²) in [4.78, 5) is 36.7. The van der Waals surface area contributed by atoms with Gasteiger partial charge in [0.15, 0.2) is 0 Å². The third-order valence-corrected chi connectivity index (χ3v) is 9.54. The number of hydrogen-bond donors (Lipinski definition) is 0. The lowest BCUT2D eigenvalue weighted by atomic mass is 10.1. The summed E-state index contributed by atoms with van der Waals surface area (Å²) in [6, 6.07) is 20.8. The molecule has 4 heterocycles. The van der Waals surface area contributed by atoms with Crippen LogP contribution in [0.3, 0.4) is 0 Å². The van der Waals surface area contributed by atoms with Crippen LogP contribution in [0.4, 0.5) is 21.9 Å². The number of nitrogens with zero attached hydrogens (tertiary/aromatic N) is 7. The standard InChI is InChI=1S/C35H37Cl2N7O5/c1-24(2)44-33(45)18-43(34(44)46)28-6-4-26(5-7-28)40-13-15-41(16-14-40)27-8-10-29(11-9-27)47-19-30-20-48-35(49-30,21-42-23-38-22-39-42)31-12-3-25(36)17-32(31)37/h3-12,17,22-24,30H,13-16,18-21H2,1-2H3. The largest absolute Gasteiger partial charge is 0.491 e.